The van der Waals surface area contributed by atoms with Crippen LogP contribution in [0.25, 0.3) is 10.1 Å². The Labute approximate surface area is 126 Å². The van der Waals surface area contributed by atoms with E-state index in [0.717, 1.165) is 17.1 Å². The zero-order chi connectivity index (χ0) is 14.2. The molecule has 0 bridgehead atoms. The summed E-state index contributed by atoms with van der Waals surface area (Å²) in [4.78, 5) is 0. The van der Waals surface area contributed by atoms with Gasteiger partial charge < -0.3 is 15.2 Å². The van der Waals surface area contributed by atoms with Gasteiger partial charge in [-0.2, -0.15) is 0 Å². The second-order valence-corrected chi connectivity index (χ2v) is 6.04. The molecule has 3 nitrogen and oxygen atoms in total. The van der Waals surface area contributed by atoms with Crippen molar-refractivity contribution in [2.75, 3.05) is 6.61 Å². The van der Waals surface area contributed by atoms with Gasteiger partial charge in [0.15, 0.2) is 17.6 Å². The maximum atomic E-state index is 6.45. The first kappa shape index (κ1) is 12.7. The van der Waals surface area contributed by atoms with Gasteiger partial charge in [-0.3, -0.25) is 0 Å². The van der Waals surface area contributed by atoms with Gasteiger partial charge in [-0.15, -0.1) is 11.3 Å². The van der Waals surface area contributed by atoms with Crippen LogP contribution < -0.4 is 15.2 Å². The van der Waals surface area contributed by atoms with E-state index < -0.39 is 0 Å². The number of hydrogen-bond acceptors (Lipinski definition) is 4. The van der Waals surface area contributed by atoms with Crippen LogP contribution in [-0.4, -0.2) is 12.7 Å². The summed E-state index contributed by atoms with van der Waals surface area (Å²) < 4.78 is 13.0. The topological polar surface area (TPSA) is 44.5 Å². The predicted molar refractivity (Wildman–Crippen MR) is 85.1 cm³/mol. The van der Waals surface area contributed by atoms with Gasteiger partial charge in [-0.25, -0.2) is 0 Å². The van der Waals surface area contributed by atoms with Gasteiger partial charge in [0.25, 0.3) is 0 Å². The molecule has 0 amide bonds. The van der Waals surface area contributed by atoms with E-state index in [-0.39, 0.29) is 12.1 Å². The van der Waals surface area contributed by atoms with Crippen LogP contribution in [0.4, 0.5) is 0 Å². The highest BCUT2D eigenvalue weighted by atomic mass is 32.1. The van der Waals surface area contributed by atoms with Crippen LogP contribution in [0.2, 0.25) is 0 Å². The summed E-state index contributed by atoms with van der Waals surface area (Å²) in [6, 6.07) is 15.8. The van der Waals surface area contributed by atoms with E-state index in [2.05, 4.69) is 23.6 Å². The van der Waals surface area contributed by atoms with E-state index in [4.69, 9.17) is 15.2 Å². The smallest absolute Gasteiger partial charge is 0.161 e. The fourth-order valence-electron chi connectivity index (χ4n) is 2.69. The molecule has 2 N–H and O–H groups in total. The Hall–Kier alpha value is -2.04. The minimum Gasteiger partial charge on any atom is -0.486 e. The van der Waals surface area contributed by atoms with Crippen molar-refractivity contribution in [2.45, 2.75) is 12.1 Å². The van der Waals surface area contributed by atoms with Crippen LogP contribution >= 0.6 is 11.3 Å². The minimum atomic E-state index is -0.208. The highest BCUT2D eigenvalue weighted by Crippen LogP contribution is 2.36. The molecule has 0 saturated carbocycles. The fraction of sp³-hybridized carbons (Fsp3) is 0.176. The molecule has 1 aliphatic heterocycles. The second-order valence-electron chi connectivity index (χ2n) is 5.13. The Morgan fingerprint density at radius 2 is 1.90 bits per heavy atom. The normalized spacial score (nSPS) is 18.6. The zero-order valence-corrected chi connectivity index (χ0v) is 12.2. The van der Waals surface area contributed by atoms with Crippen molar-refractivity contribution in [3.63, 3.8) is 0 Å². The molecular formula is C17H15NO2S. The lowest BCUT2D eigenvalue weighted by atomic mass is 10.0. The molecule has 1 aliphatic rings. The van der Waals surface area contributed by atoms with Crippen LogP contribution in [0.15, 0.2) is 53.9 Å². The van der Waals surface area contributed by atoms with Gasteiger partial charge >= 0.3 is 0 Å². The summed E-state index contributed by atoms with van der Waals surface area (Å²) in [5, 5.41) is 3.32. The highest BCUT2D eigenvalue weighted by Gasteiger charge is 2.28. The van der Waals surface area contributed by atoms with Gasteiger partial charge in [0.1, 0.15) is 6.61 Å². The molecule has 0 radical (unpaired) electrons. The molecule has 4 rings (SSSR count). The third kappa shape index (κ3) is 2.17. The molecule has 2 atom stereocenters. The number of benzene rings is 2. The molecule has 0 saturated heterocycles. The first-order valence-corrected chi connectivity index (χ1v) is 7.81. The monoisotopic (exact) mass is 297 g/mol. The Morgan fingerprint density at radius 3 is 2.81 bits per heavy atom. The van der Waals surface area contributed by atoms with Gasteiger partial charge in [0.2, 0.25) is 0 Å². The standard InChI is InChI=1S/C17H15NO2S/c18-16(12-5-3-4-11-8-9-21-17(11)12)15-10-19-13-6-1-2-7-14(13)20-15/h1-9,15-16H,10,18H2. The van der Waals surface area contributed by atoms with Crippen LogP contribution in [0.5, 0.6) is 11.5 Å². The molecular weight excluding hydrogens is 282 g/mol. The molecule has 21 heavy (non-hydrogen) atoms. The molecule has 106 valence electrons. The molecule has 0 fully saturated rings. The van der Waals surface area contributed by atoms with Crippen molar-refractivity contribution < 1.29 is 9.47 Å². The summed E-state index contributed by atoms with van der Waals surface area (Å²) in [5.41, 5.74) is 7.57. The summed E-state index contributed by atoms with van der Waals surface area (Å²) in [6.07, 6.45) is -0.174. The fourth-order valence-corrected chi connectivity index (χ4v) is 3.65. The number of nitrogens with two attached hydrogens (primary N) is 1. The Kier molecular flexibility index (Phi) is 3.05. The second kappa shape index (κ2) is 5.06. The predicted octanol–water partition coefficient (Wildman–Crippen LogP) is 3.74. The van der Waals surface area contributed by atoms with Crippen LogP contribution in [0.3, 0.4) is 0 Å². The van der Waals surface area contributed by atoms with Crippen molar-refractivity contribution in [1.82, 2.24) is 0 Å². The van der Waals surface area contributed by atoms with Crippen molar-refractivity contribution in [2.24, 2.45) is 5.73 Å². The van der Waals surface area contributed by atoms with E-state index in [1.54, 1.807) is 11.3 Å². The Balaban J connectivity index is 1.67. The van der Waals surface area contributed by atoms with E-state index in [9.17, 15) is 0 Å². The Morgan fingerprint density at radius 1 is 1.05 bits per heavy atom. The van der Waals surface area contributed by atoms with Crippen LogP contribution in [0, 0.1) is 0 Å². The average molecular weight is 297 g/mol. The van der Waals surface area contributed by atoms with Gasteiger partial charge in [-0.05, 0) is 34.5 Å². The Bertz CT molecular complexity index is 783. The van der Waals surface area contributed by atoms with E-state index >= 15 is 0 Å². The van der Waals surface area contributed by atoms with Gasteiger partial charge in [0.05, 0.1) is 6.04 Å². The van der Waals surface area contributed by atoms with Crippen molar-refractivity contribution in [3.8, 4) is 11.5 Å². The summed E-state index contributed by atoms with van der Waals surface area (Å²) in [7, 11) is 0. The summed E-state index contributed by atoms with van der Waals surface area (Å²) in [6.45, 7) is 0.472. The zero-order valence-electron chi connectivity index (χ0n) is 11.4. The number of fused-ring (bicyclic) bond motifs is 2. The van der Waals surface area contributed by atoms with E-state index in [0.29, 0.717) is 6.61 Å². The lowest BCUT2D eigenvalue weighted by Gasteiger charge is -2.30. The maximum Gasteiger partial charge on any atom is 0.161 e. The molecule has 2 aromatic carbocycles. The highest BCUT2D eigenvalue weighted by molar-refractivity contribution is 7.17. The average Bonchev–Trinajstić information content (AvgIpc) is 3.02. The van der Waals surface area contributed by atoms with Gasteiger partial charge in [0, 0.05) is 4.70 Å². The third-order valence-corrected chi connectivity index (χ3v) is 4.78. The van der Waals surface area contributed by atoms with E-state index in [1.165, 1.54) is 10.1 Å². The molecule has 0 spiro atoms. The molecule has 1 aromatic heterocycles. The molecule has 4 heteroatoms. The largest absolute Gasteiger partial charge is 0.486 e. The number of rotatable bonds is 2. The molecule has 2 heterocycles. The first-order valence-electron chi connectivity index (χ1n) is 6.93. The SMILES string of the molecule is NC(c1cccc2ccsc12)C1COc2ccccc2O1. The first-order chi connectivity index (χ1) is 10.3. The van der Waals surface area contributed by atoms with Gasteiger partial charge in [-0.1, -0.05) is 30.3 Å². The number of hydrogen-bond donors (Lipinski definition) is 1. The summed E-state index contributed by atoms with van der Waals surface area (Å²) >= 11 is 1.72. The van der Waals surface area contributed by atoms with Crippen LogP contribution in [0.1, 0.15) is 11.6 Å². The maximum absolute atomic E-state index is 6.45. The molecule has 2 unspecified atom stereocenters. The lowest BCUT2D eigenvalue weighted by molar-refractivity contribution is 0.0725. The number of para-hydroxylation sites is 2. The van der Waals surface area contributed by atoms with Crippen molar-refractivity contribution in [3.05, 3.63) is 59.5 Å². The van der Waals surface area contributed by atoms with Crippen LogP contribution in [-0.2, 0) is 0 Å². The van der Waals surface area contributed by atoms with Crippen molar-refractivity contribution in [1.29, 1.82) is 0 Å². The third-order valence-electron chi connectivity index (χ3n) is 3.80. The summed E-state index contributed by atoms with van der Waals surface area (Å²) in [5.74, 6) is 1.55. The number of ether oxygens (including phenoxy) is 2. The molecule has 0 aliphatic carbocycles. The minimum absolute atomic E-state index is 0.174. The lowest BCUT2D eigenvalue weighted by Crippen LogP contribution is -2.38. The van der Waals surface area contributed by atoms with E-state index in [1.807, 2.05) is 30.3 Å². The quantitative estimate of drug-likeness (QED) is 0.783. The van der Waals surface area contributed by atoms with Crippen molar-refractivity contribution >= 4 is 21.4 Å². The number of thiophene rings is 1. The molecule has 3 aromatic rings.